The molecule has 0 heterocycles. The fourth-order valence-corrected chi connectivity index (χ4v) is 4.24. The summed E-state index contributed by atoms with van der Waals surface area (Å²) < 4.78 is 5.69. The van der Waals surface area contributed by atoms with Crippen LogP contribution in [0.25, 0.3) is 0 Å². The van der Waals surface area contributed by atoms with Gasteiger partial charge in [0.2, 0.25) is 0 Å². The molecule has 19 heavy (non-hydrogen) atoms. The maximum atomic E-state index is 6.29. The van der Waals surface area contributed by atoms with Gasteiger partial charge in [-0.05, 0) is 25.0 Å². The van der Waals surface area contributed by atoms with E-state index in [1.807, 2.05) is 30.3 Å². The van der Waals surface area contributed by atoms with Crippen molar-refractivity contribution in [3.8, 4) is 5.75 Å². The molecule has 0 aliphatic carbocycles. The first kappa shape index (κ1) is 17.1. The van der Waals surface area contributed by atoms with E-state index in [1.165, 1.54) is 38.5 Å². The molecule has 0 aliphatic rings. The van der Waals surface area contributed by atoms with Gasteiger partial charge in [0.1, 0.15) is 6.16 Å². The number of hydrogen-bond donors (Lipinski definition) is 0. The Labute approximate surface area is 127 Å². The van der Waals surface area contributed by atoms with Gasteiger partial charge < -0.3 is 4.52 Å². The van der Waals surface area contributed by atoms with E-state index in [0.29, 0.717) is 0 Å². The quantitative estimate of drug-likeness (QED) is 0.331. The normalized spacial score (nSPS) is 11.5. The van der Waals surface area contributed by atoms with Crippen LogP contribution in [-0.4, -0.2) is 6.16 Å². The third-order valence-electron chi connectivity index (χ3n) is 3.00. The summed E-state index contributed by atoms with van der Waals surface area (Å²) in [6.45, 7) is 2.24. The zero-order chi connectivity index (χ0) is 14.0. The van der Waals surface area contributed by atoms with Gasteiger partial charge in [-0.15, -0.1) is 0 Å². The van der Waals surface area contributed by atoms with E-state index in [1.54, 1.807) is 0 Å². The van der Waals surface area contributed by atoms with Gasteiger partial charge in [-0.3, -0.25) is 0 Å². The Bertz CT molecular complexity index is 330. The van der Waals surface area contributed by atoms with Gasteiger partial charge in [0, 0.05) is 0 Å². The molecule has 0 atom stereocenters. The van der Waals surface area contributed by atoms with Crippen LogP contribution >= 0.6 is 28.7 Å². The number of rotatable bonds is 10. The molecule has 0 saturated heterocycles. The van der Waals surface area contributed by atoms with Crippen molar-refractivity contribution in [2.75, 3.05) is 6.16 Å². The van der Waals surface area contributed by atoms with Crippen LogP contribution in [0.5, 0.6) is 5.75 Å². The Morgan fingerprint density at radius 3 is 2.11 bits per heavy atom. The van der Waals surface area contributed by atoms with E-state index in [-0.39, 0.29) is 0 Å². The molecule has 0 unspecified atom stereocenters. The minimum atomic E-state index is -2.28. The Morgan fingerprint density at radius 1 is 0.895 bits per heavy atom. The lowest BCUT2D eigenvalue weighted by Gasteiger charge is -2.10. The summed E-state index contributed by atoms with van der Waals surface area (Å²) >= 11 is 12.6. The van der Waals surface area contributed by atoms with Crippen molar-refractivity contribution in [2.24, 2.45) is 0 Å². The van der Waals surface area contributed by atoms with Gasteiger partial charge in [-0.2, -0.15) is 0 Å². The van der Waals surface area contributed by atoms with Crippen molar-refractivity contribution >= 4 is 28.7 Å². The molecule has 1 aromatic carbocycles. The van der Waals surface area contributed by atoms with Crippen molar-refractivity contribution in [2.45, 2.75) is 51.9 Å². The molecule has 0 saturated carbocycles. The number of hydrogen-bond acceptors (Lipinski definition) is 1. The highest BCUT2D eigenvalue weighted by atomic mass is 35.9. The number of benzene rings is 1. The molecular weight excluding hydrogens is 298 g/mol. The molecule has 108 valence electrons. The Hall–Kier alpha value is 0.0300. The third kappa shape index (κ3) is 8.74. The Kier molecular flexibility index (Phi) is 8.86. The van der Waals surface area contributed by atoms with E-state index >= 15 is 0 Å². The summed E-state index contributed by atoms with van der Waals surface area (Å²) in [6, 6.07) is 9.59. The van der Waals surface area contributed by atoms with Crippen LogP contribution in [0.15, 0.2) is 30.3 Å². The van der Waals surface area contributed by atoms with E-state index in [0.717, 1.165) is 18.3 Å². The number of para-hydroxylation sites is 1. The van der Waals surface area contributed by atoms with Crippen LogP contribution in [0.2, 0.25) is 0 Å². The summed E-state index contributed by atoms with van der Waals surface area (Å²) in [6.07, 6.45) is 7.33. The molecule has 1 rings (SSSR count). The maximum Gasteiger partial charge on any atom is 0.383 e. The highest BCUT2D eigenvalue weighted by Gasteiger charge is 2.37. The van der Waals surface area contributed by atoms with Crippen LogP contribution in [0.3, 0.4) is 0 Å². The molecule has 0 radical (unpaired) electrons. The lowest BCUT2D eigenvalue weighted by molar-refractivity contribution is 0.590. The zero-order valence-corrected chi connectivity index (χ0v) is 14.1. The van der Waals surface area contributed by atoms with E-state index in [9.17, 15) is 0 Å². The second kappa shape index (κ2) is 9.86. The monoisotopic (exact) mass is 321 g/mol. The second-order valence-electron chi connectivity index (χ2n) is 4.82. The standard InChI is InChI=1S/C15H24Cl2OP/c1-2-3-4-5-6-7-11-14-19(16,17)18-15-12-9-8-10-13-15/h8-10,12-13H,2-7,11,14H2,1H3/q+1. The molecule has 0 N–H and O–H groups in total. The van der Waals surface area contributed by atoms with Gasteiger partial charge >= 0.3 is 6.19 Å². The van der Waals surface area contributed by atoms with E-state index in [2.05, 4.69) is 6.92 Å². The van der Waals surface area contributed by atoms with Gasteiger partial charge in [0.05, 0.1) is 0 Å². The molecule has 0 fully saturated rings. The topological polar surface area (TPSA) is 9.23 Å². The summed E-state index contributed by atoms with van der Waals surface area (Å²) in [5, 5.41) is 0. The molecule has 4 heteroatoms. The molecule has 0 amide bonds. The van der Waals surface area contributed by atoms with Crippen molar-refractivity contribution in [1.29, 1.82) is 0 Å². The lowest BCUT2D eigenvalue weighted by atomic mass is 10.1. The Morgan fingerprint density at radius 2 is 1.47 bits per heavy atom. The van der Waals surface area contributed by atoms with E-state index < -0.39 is 6.19 Å². The lowest BCUT2D eigenvalue weighted by Crippen LogP contribution is -1.95. The first-order valence-electron chi connectivity index (χ1n) is 7.16. The third-order valence-corrected chi connectivity index (χ3v) is 5.75. The van der Waals surface area contributed by atoms with Crippen molar-refractivity contribution in [1.82, 2.24) is 0 Å². The molecule has 0 aromatic heterocycles. The van der Waals surface area contributed by atoms with Gasteiger partial charge in [0.15, 0.2) is 28.2 Å². The average Bonchev–Trinajstić information content (AvgIpc) is 2.38. The molecule has 0 spiro atoms. The minimum Gasteiger partial charge on any atom is -0.314 e. The van der Waals surface area contributed by atoms with Crippen LogP contribution in [0, 0.1) is 0 Å². The fourth-order valence-electron chi connectivity index (χ4n) is 1.93. The first-order chi connectivity index (χ1) is 9.14. The van der Waals surface area contributed by atoms with Crippen LogP contribution in [0.1, 0.15) is 51.9 Å². The summed E-state index contributed by atoms with van der Waals surface area (Å²) in [5.74, 6) is 0.767. The highest BCUT2D eigenvalue weighted by Crippen LogP contribution is 2.69. The van der Waals surface area contributed by atoms with Crippen molar-refractivity contribution in [3.05, 3.63) is 30.3 Å². The summed E-state index contributed by atoms with van der Waals surface area (Å²) in [4.78, 5) is 0. The predicted octanol–water partition coefficient (Wildman–Crippen LogP) is 7.06. The zero-order valence-electron chi connectivity index (χ0n) is 11.7. The van der Waals surface area contributed by atoms with Crippen LogP contribution in [0.4, 0.5) is 0 Å². The van der Waals surface area contributed by atoms with Crippen molar-refractivity contribution < 1.29 is 4.52 Å². The fraction of sp³-hybridized carbons (Fsp3) is 0.600. The second-order valence-corrected chi connectivity index (χ2v) is 10.4. The first-order valence-corrected chi connectivity index (χ1v) is 10.9. The molecule has 0 bridgehead atoms. The highest BCUT2D eigenvalue weighted by molar-refractivity contribution is 8.14. The van der Waals surface area contributed by atoms with Crippen LogP contribution in [-0.2, 0) is 0 Å². The predicted molar refractivity (Wildman–Crippen MR) is 88.6 cm³/mol. The summed E-state index contributed by atoms with van der Waals surface area (Å²) in [7, 11) is 0. The number of halogens is 2. The molecule has 1 nitrogen and oxygen atoms in total. The van der Waals surface area contributed by atoms with Crippen molar-refractivity contribution in [3.63, 3.8) is 0 Å². The number of unbranched alkanes of at least 4 members (excludes halogenated alkanes) is 6. The van der Waals surface area contributed by atoms with Crippen LogP contribution < -0.4 is 4.52 Å². The average molecular weight is 322 g/mol. The smallest absolute Gasteiger partial charge is 0.314 e. The SMILES string of the molecule is CCCCCCCCC[P+](Cl)(Cl)Oc1ccccc1. The molecular formula is C15H24Cl2OP+. The molecule has 1 aromatic rings. The molecule has 0 aliphatic heterocycles. The van der Waals surface area contributed by atoms with Gasteiger partial charge in [-0.1, -0.05) is 57.2 Å². The largest absolute Gasteiger partial charge is 0.383 e. The Balaban J connectivity index is 2.13. The van der Waals surface area contributed by atoms with Gasteiger partial charge in [-0.25, -0.2) is 0 Å². The van der Waals surface area contributed by atoms with E-state index in [4.69, 9.17) is 27.0 Å². The maximum absolute atomic E-state index is 6.29. The summed E-state index contributed by atoms with van der Waals surface area (Å²) in [5.41, 5.74) is 0. The van der Waals surface area contributed by atoms with Gasteiger partial charge in [0.25, 0.3) is 0 Å². The minimum absolute atomic E-state index is 0.767.